The van der Waals surface area contributed by atoms with Crippen LogP contribution < -0.4 is 0 Å². The second-order valence-corrected chi connectivity index (χ2v) is 8.96. The molecule has 0 radical (unpaired) electrons. The molecule has 0 aliphatic rings. The predicted octanol–water partition coefficient (Wildman–Crippen LogP) is 8.60. The summed E-state index contributed by atoms with van der Waals surface area (Å²) in [6.07, 6.45) is 0. The molecule has 0 bridgehead atoms. The van der Waals surface area contributed by atoms with Crippen LogP contribution in [0.4, 0.5) is 0 Å². The van der Waals surface area contributed by atoms with Gasteiger partial charge >= 0.3 is 0 Å². The second-order valence-electron chi connectivity index (χ2n) is 7.06. The van der Waals surface area contributed by atoms with Crippen LogP contribution in [-0.4, -0.2) is 0 Å². The quantitative estimate of drug-likeness (QED) is 0.259. The predicted molar refractivity (Wildman–Crippen MR) is 126 cm³/mol. The maximum Gasteiger partial charge on any atom is 0.0355 e. The fourth-order valence-corrected chi connectivity index (χ4v) is 5.65. The molecule has 0 aliphatic carbocycles. The summed E-state index contributed by atoms with van der Waals surface area (Å²) in [5, 5.41) is 12.1. The Balaban J connectivity index is 1.74. The molecule has 6 rings (SSSR count). The third-order valence-electron chi connectivity index (χ3n) is 5.40. The van der Waals surface area contributed by atoms with E-state index in [-0.39, 0.29) is 0 Å². The van der Waals surface area contributed by atoms with Crippen molar-refractivity contribution >= 4 is 55.0 Å². The van der Waals surface area contributed by atoms with Gasteiger partial charge in [0.1, 0.15) is 0 Å². The molecule has 2 heterocycles. The molecule has 0 saturated heterocycles. The van der Waals surface area contributed by atoms with Crippen LogP contribution in [0.15, 0.2) is 95.7 Å². The minimum atomic E-state index is 1.29. The molecular formula is C26H16S2. The maximum atomic E-state index is 2.38. The van der Waals surface area contributed by atoms with Crippen molar-refractivity contribution in [3.8, 4) is 20.9 Å². The van der Waals surface area contributed by atoms with Gasteiger partial charge in [-0.05, 0) is 79.5 Å². The largest absolute Gasteiger partial charge is 0.144 e. The van der Waals surface area contributed by atoms with Crippen LogP contribution >= 0.6 is 22.7 Å². The van der Waals surface area contributed by atoms with E-state index >= 15 is 0 Å². The summed E-state index contributed by atoms with van der Waals surface area (Å²) in [6, 6.07) is 31.2. The number of benzene rings is 4. The van der Waals surface area contributed by atoms with Gasteiger partial charge in [0.05, 0.1) is 0 Å². The molecule has 0 aliphatic heterocycles. The highest BCUT2D eigenvalue weighted by Crippen LogP contribution is 2.42. The van der Waals surface area contributed by atoms with Gasteiger partial charge in [0.25, 0.3) is 0 Å². The van der Waals surface area contributed by atoms with Crippen molar-refractivity contribution in [2.75, 3.05) is 0 Å². The van der Waals surface area contributed by atoms with Crippen molar-refractivity contribution in [2.45, 2.75) is 0 Å². The summed E-state index contributed by atoms with van der Waals surface area (Å²) < 4.78 is 0. The van der Waals surface area contributed by atoms with E-state index in [1.165, 1.54) is 53.2 Å². The summed E-state index contributed by atoms with van der Waals surface area (Å²) in [5.74, 6) is 0. The molecule has 2 aromatic heterocycles. The Morgan fingerprint density at radius 3 is 1.79 bits per heavy atom. The first kappa shape index (κ1) is 16.1. The number of hydrogen-bond donors (Lipinski definition) is 0. The van der Waals surface area contributed by atoms with Gasteiger partial charge in [0.15, 0.2) is 0 Å². The van der Waals surface area contributed by atoms with Crippen LogP contribution in [0.1, 0.15) is 0 Å². The van der Waals surface area contributed by atoms with E-state index in [1.807, 2.05) is 11.3 Å². The summed E-state index contributed by atoms with van der Waals surface area (Å²) in [7, 11) is 0. The van der Waals surface area contributed by atoms with Crippen molar-refractivity contribution in [3.05, 3.63) is 95.7 Å². The Hall–Kier alpha value is -2.94. The molecule has 0 atom stereocenters. The molecular weight excluding hydrogens is 376 g/mol. The van der Waals surface area contributed by atoms with Crippen molar-refractivity contribution in [2.24, 2.45) is 0 Å². The van der Waals surface area contributed by atoms with Crippen molar-refractivity contribution < 1.29 is 0 Å². The van der Waals surface area contributed by atoms with E-state index in [4.69, 9.17) is 0 Å². The molecule has 0 nitrogen and oxygen atoms in total. The lowest BCUT2D eigenvalue weighted by Gasteiger charge is -2.13. The number of thiophene rings is 2. The van der Waals surface area contributed by atoms with Gasteiger partial charge in [-0.2, -0.15) is 0 Å². The lowest BCUT2D eigenvalue weighted by molar-refractivity contribution is 1.74. The van der Waals surface area contributed by atoms with E-state index in [0.29, 0.717) is 0 Å². The standard InChI is InChI=1S/C26H16S2/c1-2-6-18-14-21-16-23-19(15-20(21)13-17(18)5-1)9-10-22(24-7-3-11-27-24)26(23)25-8-4-12-28-25/h1-16H. The Labute approximate surface area is 171 Å². The number of fused-ring (bicyclic) bond motifs is 3. The molecule has 0 fully saturated rings. The molecule has 0 saturated carbocycles. The normalized spacial score (nSPS) is 11.6. The number of hydrogen-bond acceptors (Lipinski definition) is 2. The first-order chi connectivity index (χ1) is 13.9. The van der Waals surface area contributed by atoms with Crippen LogP contribution in [0.2, 0.25) is 0 Å². The van der Waals surface area contributed by atoms with E-state index < -0.39 is 0 Å². The highest BCUT2D eigenvalue weighted by Gasteiger charge is 2.14. The van der Waals surface area contributed by atoms with Crippen LogP contribution in [-0.2, 0) is 0 Å². The van der Waals surface area contributed by atoms with Crippen LogP contribution in [0.5, 0.6) is 0 Å². The van der Waals surface area contributed by atoms with Gasteiger partial charge in [0.2, 0.25) is 0 Å². The minimum Gasteiger partial charge on any atom is -0.144 e. The van der Waals surface area contributed by atoms with Gasteiger partial charge in [-0.25, -0.2) is 0 Å². The average Bonchev–Trinajstić information content (AvgIpc) is 3.44. The first-order valence-electron chi connectivity index (χ1n) is 9.34. The second kappa shape index (κ2) is 6.30. The van der Waals surface area contributed by atoms with E-state index in [9.17, 15) is 0 Å². The molecule has 6 aromatic rings. The Kier molecular flexibility index (Phi) is 3.61. The van der Waals surface area contributed by atoms with E-state index in [2.05, 4.69) is 95.7 Å². The molecule has 0 spiro atoms. The monoisotopic (exact) mass is 392 g/mol. The van der Waals surface area contributed by atoms with E-state index in [1.54, 1.807) is 11.3 Å². The first-order valence-corrected chi connectivity index (χ1v) is 11.1. The minimum absolute atomic E-state index is 1.29. The highest BCUT2D eigenvalue weighted by molar-refractivity contribution is 7.14. The zero-order chi connectivity index (χ0) is 18.5. The van der Waals surface area contributed by atoms with Crippen LogP contribution in [0.25, 0.3) is 53.2 Å². The van der Waals surface area contributed by atoms with Crippen molar-refractivity contribution in [3.63, 3.8) is 0 Å². The summed E-state index contributed by atoms with van der Waals surface area (Å²) in [4.78, 5) is 2.65. The Bertz CT molecular complexity index is 1440. The zero-order valence-electron chi connectivity index (χ0n) is 15.1. The lowest BCUT2D eigenvalue weighted by atomic mass is 9.93. The van der Waals surface area contributed by atoms with Gasteiger partial charge in [0, 0.05) is 20.9 Å². The third-order valence-corrected chi connectivity index (χ3v) is 7.19. The van der Waals surface area contributed by atoms with Crippen LogP contribution in [0.3, 0.4) is 0 Å². The van der Waals surface area contributed by atoms with Crippen molar-refractivity contribution in [1.82, 2.24) is 0 Å². The van der Waals surface area contributed by atoms with Crippen LogP contribution in [0, 0.1) is 0 Å². The molecule has 4 aromatic carbocycles. The number of rotatable bonds is 2. The molecule has 132 valence electrons. The molecule has 0 unspecified atom stereocenters. The van der Waals surface area contributed by atoms with E-state index in [0.717, 1.165) is 0 Å². The fraction of sp³-hybridized carbons (Fsp3) is 0. The van der Waals surface area contributed by atoms with Gasteiger partial charge in [-0.15, -0.1) is 22.7 Å². The lowest BCUT2D eigenvalue weighted by Crippen LogP contribution is -1.86. The SMILES string of the molecule is c1csc(-c2ccc3cc4cc5ccccc5cc4cc3c2-c2cccs2)c1. The summed E-state index contributed by atoms with van der Waals surface area (Å²) >= 11 is 3.62. The van der Waals surface area contributed by atoms with Crippen molar-refractivity contribution in [1.29, 1.82) is 0 Å². The fourth-order valence-electron chi connectivity index (χ4n) is 4.09. The van der Waals surface area contributed by atoms with Gasteiger partial charge in [-0.3, -0.25) is 0 Å². The maximum absolute atomic E-state index is 2.38. The molecule has 28 heavy (non-hydrogen) atoms. The van der Waals surface area contributed by atoms with Gasteiger partial charge < -0.3 is 0 Å². The Morgan fingerprint density at radius 2 is 1.11 bits per heavy atom. The summed E-state index contributed by atoms with van der Waals surface area (Å²) in [6.45, 7) is 0. The highest BCUT2D eigenvalue weighted by atomic mass is 32.1. The smallest absolute Gasteiger partial charge is 0.0355 e. The summed E-state index contributed by atoms with van der Waals surface area (Å²) in [5.41, 5.74) is 2.68. The average molecular weight is 393 g/mol. The molecule has 0 amide bonds. The zero-order valence-corrected chi connectivity index (χ0v) is 16.7. The van der Waals surface area contributed by atoms with Gasteiger partial charge in [-0.1, -0.05) is 48.5 Å². The molecule has 2 heteroatoms. The molecule has 0 N–H and O–H groups in total. The Morgan fingerprint density at radius 1 is 0.464 bits per heavy atom. The third kappa shape index (κ3) is 2.50. The topological polar surface area (TPSA) is 0 Å².